The monoisotopic (exact) mass is 368 g/mol. The molecule has 0 aliphatic carbocycles. The molecule has 0 radical (unpaired) electrons. The zero-order valence-corrected chi connectivity index (χ0v) is 15.0. The Hall–Kier alpha value is -2.83. The highest BCUT2D eigenvalue weighted by Crippen LogP contribution is 2.41. The quantitative estimate of drug-likeness (QED) is 0.780. The van der Waals surface area contributed by atoms with Crippen molar-refractivity contribution in [1.82, 2.24) is 19.8 Å². The molecule has 2 fully saturated rings. The van der Waals surface area contributed by atoms with Crippen molar-refractivity contribution >= 4 is 11.8 Å². The van der Waals surface area contributed by atoms with Crippen molar-refractivity contribution in [2.45, 2.75) is 25.8 Å². The molecule has 2 aromatic rings. The second-order valence-electron chi connectivity index (χ2n) is 7.31. The number of carbonyl (C=O) groups excluding carboxylic acids is 2. The zero-order chi connectivity index (χ0) is 18.9. The van der Waals surface area contributed by atoms with Gasteiger partial charge in [-0.25, -0.2) is 4.98 Å². The van der Waals surface area contributed by atoms with Crippen LogP contribution in [0.5, 0.6) is 0 Å². The topological polar surface area (TPSA) is 66.4 Å². The number of pyridine rings is 2. The van der Waals surface area contributed by atoms with Gasteiger partial charge >= 0.3 is 0 Å². The number of rotatable bonds is 3. The van der Waals surface area contributed by atoms with Crippen molar-refractivity contribution in [2.75, 3.05) is 19.6 Å². The van der Waals surface area contributed by atoms with Gasteiger partial charge in [0.25, 0.3) is 5.91 Å². The van der Waals surface area contributed by atoms with Gasteiger partial charge in [-0.15, -0.1) is 0 Å². The Bertz CT molecular complexity index is 860. The Labute approximate surface area is 157 Å². The van der Waals surface area contributed by atoms with E-state index in [4.69, 9.17) is 0 Å². The molecule has 1 atom stereocenters. The molecule has 0 unspecified atom stereocenters. The third-order valence-corrected chi connectivity index (χ3v) is 5.56. The molecule has 0 saturated carbocycles. The van der Waals surface area contributed by atoms with Gasteiger partial charge in [-0.2, -0.15) is 4.39 Å². The summed E-state index contributed by atoms with van der Waals surface area (Å²) in [4.78, 5) is 37.0. The van der Waals surface area contributed by atoms with Crippen LogP contribution >= 0.6 is 0 Å². The lowest BCUT2D eigenvalue weighted by Crippen LogP contribution is -2.49. The van der Waals surface area contributed by atoms with Gasteiger partial charge < -0.3 is 9.80 Å². The first-order valence-electron chi connectivity index (χ1n) is 9.17. The van der Waals surface area contributed by atoms with Gasteiger partial charge in [0.15, 0.2) is 0 Å². The van der Waals surface area contributed by atoms with E-state index in [2.05, 4.69) is 9.97 Å². The molecule has 0 bridgehead atoms. The molecule has 2 amide bonds. The number of likely N-dealkylation sites (tertiary alicyclic amines) is 2. The lowest BCUT2D eigenvalue weighted by atomic mass is 9.78. The highest BCUT2D eigenvalue weighted by atomic mass is 19.1. The van der Waals surface area contributed by atoms with E-state index in [-0.39, 0.29) is 17.4 Å². The van der Waals surface area contributed by atoms with Gasteiger partial charge in [-0.3, -0.25) is 14.6 Å². The summed E-state index contributed by atoms with van der Waals surface area (Å²) in [6.45, 7) is 2.23. The van der Waals surface area contributed by atoms with Gasteiger partial charge in [0.1, 0.15) is 0 Å². The molecule has 2 aromatic heterocycles. The fourth-order valence-electron chi connectivity index (χ4n) is 4.15. The van der Waals surface area contributed by atoms with Crippen LogP contribution in [-0.2, 0) is 11.3 Å². The first kappa shape index (κ1) is 17.6. The molecule has 7 heteroatoms. The van der Waals surface area contributed by atoms with Gasteiger partial charge in [0, 0.05) is 56.4 Å². The second kappa shape index (κ2) is 7.06. The lowest BCUT2D eigenvalue weighted by molar-refractivity contribution is -0.138. The van der Waals surface area contributed by atoms with Crippen molar-refractivity contribution < 1.29 is 14.0 Å². The molecule has 2 saturated heterocycles. The molecular weight excluding hydrogens is 347 g/mol. The number of aromatic nitrogens is 2. The summed E-state index contributed by atoms with van der Waals surface area (Å²) in [6, 6.07) is 6.48. The van der Waals surface area contributed by atoms with E-state index in [9.17, 15) is 14.0 Å². The van der Waals surface area contributed by atoms with E-state index in [1.54, 1.807) is 17.3 Å². The third kappa shape index (κ3) is 3.41. The molecule has 1 spiro atoms. The summed E-state index contributed by atoms with van der Waals surface area (Å²) in [5, 5.41) is 0. The Kier molecular flexibility index (Phi) is 4.59. The highest BCUT2D eigenvalue weighted by molar-refractivity contribution is 5.95. The van der Waals surface area contributed by atoms with Crippen LogP contribution in [0.4, 0.5) is 4.39 Å². The summed E-state index contributed by atoms with van der Waals surface area (Å²) in [7, 11) is 0. The molecular formula is C20H21FN4O2. The summed E-state index contributed by atoms with van der Waals surface area (Å²) >= 11 is 0. The van der Waals surface area contributed by atoms with Crippen LogP contribution in [0.25, 0.3) is 0 Å². The average Bonchev–Trinajstić information content (AvgIpc) is 2.98. The SMILES string of the molecule is O=C(c1ccnc(F)c1)N1CCC[C@]2(CCN(Cc3ccncc3)C2=O)C1. The first-order valence-corrected chi connectivity index (χ1v) is 9.17. The number of nitrogens with zero attached hydrogens (tertiary/aromatic N) is 4. The Balaban J connectivity index is 1.49. The maximum Gasteiger partial charge on any atom is 0.254 e. The number of carbonyl (C=O) groups is 2. The van der Waals surface area contributed by atoms with Crippen LogP contribution < -0.4 is 0 Å². The third-order valence-electron chi connectivity index (χ3n) is 5.56. The van der Waals surface area contributed by atoms with E-state index >= 15 is 0 Å². The van der Waals surface area contributed by atoms with Crippen molar-refractivity contribution in [3.05, 3.63) is 59.9 Å². The average molecular weight is 368 g/mol. The van der Waals surface area contributed by atoms with Gasteiger partial charge in [-0.1, -0.05) is 0 Å². The smallest absolute Gasteiger partial charge is 0.254 e. The number of amides is 2. The van der Waals surface area contributed by atoms with Gasteiger partial charge in [0.2, 0.25) is 11.9 Å². The van der Waals surface area contributed by atoms with Crippen molar-refractivity contribution in [3.8, 4) is 0 Å². The van der Waals surface area contributed by atoms with E-state index in [0.29, 0.717) is 26.2 Å². The van der Waals surface area contributed by atoms with E-state index in [1.807, 2.05) is 17.0 Å². The largest absolute Gasteiger partial charge is 0.338 e. The standard InChI is InChI=1S/C20H21FN4O2/c21-17-12-16(4-9-23-17)18(26)25-10-1-5-20(14-25)6-11-24(19(20)27)13-15-2-7-22-8-3-15/h2-4,7-9,12H,1,5-6,10-11,13-14H2/t20-/m0/s1. The Morgan fingerprint density at radius 1 is 1.15 bits per heavy atom. The Morgan fingerprint density at radius 2 is 1.96 bits per heavy atom. The fourth-order valence-corrected chi connectivity index (χ4v) is 4.15. The maximum absolute atomic E-state index is 13.4. The normalized spacial score (nSPS) is 22.5. The second-order valence-corrected chi connectivity index (χ2v) is 7.31. The molecule has 6 nitrogen and oxygen atoms in total. The van der Waals surface area contributed by atoms with E-state index in [1.165, 1.54) is 12.3 Å². The minimum atomic E-state index is -0.673. The van der Waals surface area contributed by atoms with Gasteiger partial charge in [-0.05, 0) is 43.0 Å². The van der Waals surface area contributed by atoms with Crippen LogP contribution in [0, 0.1) is 11.4 Å². The summed E-state index contributed by atoms with van der Waals surface area (Å²) < 4.78 is 13.4. The number of hydrogen-bond acceptors (Lipinski definition) is 4. The molecule has 0 aromatic carbocycles. The predicted octanol–water partition coefficient (Wildman–Crippen LogP) is 2.27. The van der Waals surface area contributed by atoms with Crippen LogP contribution in [0.2, 0.25) is 0 Å². The zero-order valence-electron chi connectivity index (χ0n) is 15.0. The molecule has 4 heterocycles. The molecule has 27 heavy (non-hydrogen) atoms. The molecule has 2 aliphatic rings. The van der Waals surface area contributed by atoms with Gasteiger partial charge in [0.05, 0.1) is 5.41 Å². The van der Waals surface area contributed by atoms with E-state index in [0.717, 1.165) is 30.9 Å². The summed E-state index contributed by atoms with van der Waals surface area (Å²) in [5.74, 6) is -0.804. The first-order chi connectivity index (χ1) is 13.1. The lowest BCUT2D eigenvalue weighted by Gasteiger charge is -2.39. The number of piperidine rings is 1. The number of hydrogen-bond donors (Lipinski definition) is 0. The predicted molar refractivity (Wildman–Crippen MR) is 96.0 cm³/mol. The molecule has 2 aliphatic heterocycles. The molecule has 0 N–H and O–H groups in total. The highest BCUT2D eigenvalue weighted by Gasteiger charge is 2.49. The van der Waals surface area contributed by atoms with Crippen LogP contribution in [0.3, 0.4) is 0 Å². The van der Waals surface area contributed by atoms with E-state index < -0.39 is 11.4 Å². The molecule has 140 valence electrons. The summed E-state index contributed by atoms with van der Waals surface area (Å²) in [5.41, 5.74) is 0.803. The summed E-state index contributed by atoms with van der Waals surface area (Å²) in [6.07, 6.45) is 7.03. The van der Waals surface area contributed by atoms with Crippen molar-refractivity contribution in [3.63, 3.8) is 0 Å². The van der Waals surface area contributed by atoms with Crippen molar-refractivity contribution in [2.24, 2.45) is 5.41 Å². The minimum absolute atomic E-state index is 0.109. The maximum atomic E-state index is 13.4. The van der Waals surface area contributed by atoms with Crippen molar-refractivity contribution in [1.29, 1.82) is 0 Å². The molecule has 4 rings (SSSR count). The van der Waals surface area contributed by atoms with Crippen LogP contribution in [0.15, 0.2) is 42.9 Å². The van der Waals surface area contributed by atoms with Crippen LogP contribution in [-0.4, -0.2) is 51.2 Å². The Morgan fingerprint density at radius 3 is 2.74 bits per heavy atom. The fraction of sp³-hybridized carbons (Fsp3) is 0.400. The number of halogens is 1. The van der Waals surface area contributed by atoms with Crippen LogP contribution in [0.1, 0.15) is 35.2 Å². The minimum Gasteiger partial charge on any atom is -0.338 e.